The molecule has 190 valence electrons. The summed E-state index contributed by atoms with van der Waals surface area (Å²) in [7, 11) is 5.77. The van der Waals surface area contributed by atoms with Crippen molar-refractivity contribution in [2.75, 3.05) is 47.4 Å². The van der Waals surface area contributed by atoms with E-state index in [4.69, 9.17) is 9.72 Å². The fourth-order valence-electron chi connectivity index (χ4n) is 4.27. The van der Waals surface area contributed by atoms with Crippen LogP contribution in [0.1, 0.15) is 41.5 Å². The van der Waals surface area contributed by atoms with Crippen molar-refractivity contribution >= 4 is 11.8 Å². The second-order valence-corrected chi connectivity index (χ2v) is 9.36. The number of rotatable bonds is 9. The fraction of sp³-hybridized carbons (Fsp3) is 0.407. The molecule has 2 heterocycles. The minimum Gasteiger partial charge on any atom is -0.484 e. The average molecular weight is 491 g/mol. The lowest BCUT2D eigenvalue weighted by Gasteiger charge is -2.34. The fourth-order valence-corrected chi connectivity index (χ4v) is 4.27. The van der Waals surface area contributed by atoms with Crippen LogP contribution in [-0.2, 0) is 4.79 Å². The Morgan fingerprint density at radius 3 is 2.64 bits per heavy atom. The third-order valence-corrected chi connectivity index (χ3v) is 6.34. The number of amides is 2. The monoisotopic (exact) mass is 490 g/mol. The van der Waals surface area contributed by atoms with Gasteiger partial charge in [0.15, 0.2) is 12.4 Å². The van der Waals surface area contributed by atoms with Gasteiger partial charge in [-0.2, -0.15) is 5.10 Å². The van der Waals surface area contributed by atoms with Crippen LogP contribution < -0.4 is 4.74 Å². The first-order chi connectivity index (χ1) is 17.4. The Morgan fingerprint density at radius 2 is 1.86 bits per heavy atom. The van der Waals surface area contributed by atoms with Crippen LogP contribution in [0.15, 0.2) is 54.6 Å². The maximum Gasteiger partial charge on any atom is 0.261 e. The zero-order chi connectivity index (χ0) is 25.5. The third kappa shape index (κ3) is 6.28. The highest BCUT2D eigenvalue weighted by molar-refractivity contribution is 5.95. The summed E-state index contributed by atoms with van der Waals surface area (Å²) in [5, 5.41) is 7.46. The van der Waals surface area contributed by atoms with Crippen molar-refractivity contribution in [3.63, 3.8) is 0 Å². The topological polar surface area (TPSA) is 94.7 Å². The Balaban J connectivity index is 1.45. The van der Waals surface area contributed by atoms with Crippen molar-refractivity contribution in [1.82, 2.24) is 29.9 Å². The Bertz CT molecular complexity index is 1160. The number of carbonyl (C=O) groups excluding carboxylic acids is 2. The van der Waals surface area contributed by atoms with Crippen LogP contribution in [0.2, 0.25) is 0 Å². The van der Waals surface area contributed by atoms with Crippen LogP contribution >= 0.6 is 0 Å². The Morgan fingerprint density at radius 1 is 1.06 bits per heavy atom. The first kappa shape index (κ1) is 25.4. The number of piperidine rings is 1. The molecule has 3 aromatic rings. The number of nitrogens with one attached hydrogen (secondary N) is 1. The summed E-state index contributed by atoms with van der Waals surface area (Å²) in [6, 6.07) is 16.5. The molecule has 4 rings (SSSR count). The predicted octanol–water partition coefficient (Wildman–Crippen LogP) is 3.24. The van der Waals surface area contributed by atoms with Crippen LogP contribution in [0.3, 0.4) is 0 Å². The molecular weight excluding hydrogens is 456 g/mol. The molecule has 9 nitrogen and oxygen atoms in total. The Hall–Kier alpha value is -3.72. The highest BCUT2D eigenvalue weighted by atomic mass is 16.5. The number of hydrogen-bond donors (Lipinski definition) is 1. The van der Waals surface area contributed by atoms with Gasteiger partial charge in [-0.1, -0.05) is 30.3 Å². The molecular formula is C27H34N6O3. The summed E-state index contributed by atoms with van der Waals surface area (Å²) in [5.41, 5.74) is 1.35. The van der Waals surface area contributed by atoms with Gasteiger partial charge in [-0.15, -0.1) is 0 Å². The van der Waals surface area contributed by atoms with E-state index in [-0.39, 0.29) is 24.5 Å². The van der Waals surface area contributed by atoms with Gasteiger partial charge in [0, 0.05) is 37.8 Å². The van der Waals surface area contributed by atoms with Gasteiger partial charge in [0.1, 0.15) is 11.6 Å². The average Bonchev–Trinajstić information content (AvgIpc) is 3.41. The molecule has 1 fully saturated rings. The van der Waals surface area contributed by atoms with E-state index in [0.29, 0.717) is 36.1 Å². The van der Waals surface area contributed by atoms with Gasteiger partial charge >= 0.3 is 0 Å². The third-order valence-electron chi connectivity index (χ3n) is 6.34. The van der Waals surface area contributed by atoms with E-state index in [1.165, 1.54) is 0 Å². The summed E-state index contributed by atoms with van der Waals surface area (Å²) < 4.78 is 5.69. The van der Waals surface area contributed by atoms with Gasteiger partial charge < -0.3 is 19.4 Å². The molecule has 0 radical (unpaired) electrons. The molecule has 0 unspecified atom stereocenters. The lowest BCUT2D eigenvalue weighted by atomic mass is 10.0. The molecule has 2 amide bonds. The van der Waals surface area contributed by atoms with Crippen molar-refractivity contribution in [3.05, 3.63) is 66.0 Å². The molecule has 1 atom stereocenters. The lowest BCUT2D eigenvalue weighted by Crippen LogP contribution is -2.41. The summed E-state index contributed by atoms with van der Waals surface area (Å²) in [5.74, 6) is 1.71. The Kier molecular flexibility index (Phi) is 8.32. The molecule has 2 aromatic carbocycles. The van der Waals surface area contributed by atoms with Crippen LogP contribution in [0.25, 0.3) is 11.4 Å². The molecule has 36 heavy (non-hydrogen) atoms. The van der Waals surface area contributed by atoms with Crippen molar-refractivity contribution < 1.29 is 14.3 Å². The summed E-state index contributed by atoms with van der Waals surface area (Å²) >= 11 is 0. The molecule has 9 heteroatoms. The van der Waals surface area contributed by atoms with Crippen LogP contribution in [-0.4, -0.2) is 89.1 Å². The van der Waals surface area contributed by atoms with E-state index in [9.17, 15) is 9.59 Å². The van der Waals surface area contributed by atoms with Gasteiger partial charge in [0.25, 0.3) is 11.8 Å². The normalized spacial score (nSPS) is 15.7. The smallest absolute Gasteiger partial charge is 0.261 e. The van der Waals surface area contributed by atoms with Crippen LogP contribution in [0.4, 0.5) is 0 Å². The number of nitrogens with zero attached hydrogens (tertiary/aromatic N) is 5. The van der Waals surface area contributed by atoms with Crippen LogP contribution in [0.5, 0.6) is 5.75 Å². The van der Waals surface area contributed by atoms with E-state index in [1.54, 1.807) is 18.0 Å². The minimum absolute atomic E-state index is 0.0208. The molecule has 1 aliphatic rings. The van der Waals surface area contributed by atoms with E-state index < -0.39 is 0 Å². The molecule has 1 saturated heterocycles. The van der Waals surface area contributed by atoms with Gasteiger partial charge in [-0.25, -0.2) is 4.98 Å². The number of benzene rings is 2. The standard InChI is InChI=1S/C27H34N6O3/c1-31(2)16-17-32(3)27(35)21-11-9-10-20(18-21)25-28-26(30-29-25)23-14-7-8-15-33(23)24(34)19-36-22-12-5-4-6-13-22/h4-6,9-13,18,23H,7-8,14-17,19H2,1-3H3,(H,28,29,30)/t23-/m1/s1. The highest BCUT2D eigenvalue weighted by Crippen LogP contribution is 2.30. The number of aromatic nitrogens is 3. The maximum absolute atomic E-state index is 13.0. The van der Waals surface area contributed by atoms with Crippen molar-refractivity contribution in [3.8, 4) is 17.1 Å². The first-order valence-corrected chi connectivity index (χ1v) is 12.3. The summed E-state index contributed by atoms with van der Waals surface area (Å²) in [4.78, 5) is 36.2. The molecule has 1 N–H and O–H groups in total. The summed E-state index contributed by atoms with van der Waals surface area (Å²) in [6.07, 6.45) is 2.76. The number of likely N-dealkylation sites (N-methyl/N-ethyl adjacent to an activating group) is 2. The van der Waals surface area contributed by atoms with Gasteiger partial charge in [-0.05, 0) is 57.6 Å². The number of aromatic amines is 1. The predicted molar refractivity (Wildman–Crippen MR) is 138 cm³/mol. The van der Waals surface area contributed by atoms with E-state index >= 15 is 0 Å². The molecule has 0 bridgehead atoms. The molecule has 1 aromatic heterocycles. The maximum atomic E-state index is 13.0. The number of likely N-dealkylation sites (tertiary alicyclic amines) is 1. The number of hydrogen-bond acceptors (Lipinski definition) is 6. The molecule has 0 aliphatic carbocycles. The van der Waals surface area contributed by atoms with E-state index in [0.717, 1.165) is 31.4 Å². The molecule has 1 aliphatic heterocycles. The molecule has 0 saturated carbocycles. The van der Waals surface area contributed by atoms with E-state index in [2.05, 4.69) is 10.2 Å². The second-order valence-electron chi connectivity index (χ2n) is 9.36. The zero-order valence-corrected chi connectivity index (χ0v) is 21.2. The van der Waals surface area contributed by atoms with Crippen molar-refractivity contribution in [2.24, 2.45) is 0 Å². The largest absolute Gasteiger partial charge is 0.484 e. The van der Waals surface area contributed by atoms with Gasteiger partial charge in [0.05, 0.1) is 6.04 Å². The number of carbonyl (C=O) groups is 2. The number of para-hydroxylation sites is 1. The Labute approximate surface area is 212 Å². The number of H-pyrrole nitrogens is 1. The van der Waals surface area contributed by atoms with Crippen molar-refractivity contribution in [1.29, 1.82) is 0 Å². The second kappa shape index (κ2) is 11.8. The first-order valence-electron chi connectivity index (χ1n) is 12.3. The minimum atomic E-state index is -0.186. The lowest BCUT2D eigenvalue weighted by molar-refractivity contribution is -0.137. The quantitative estimate of drug-likeness (QED) is 0.495. The van der Waals surface area contributed by atoms with Gasteiger partial charge in [0.2, 0.25) is 0 Å². The van der Waals surface area contributed by atoms with Crippen molar-refractivity contribution in [2.45, 2.75) is 25.3 Å². The van der Waals surface area contributed by atoms with E-state index in [1.807, 2.05) is 72.4 Å². The van der Waals surface area contributed by atoms with Gasteiger partial charge in [-0.3, -0.25) is 14.7 Å². The summed E-state index contributed by atoms with van der Waals surface area (Å²) in [6.45, 7) is 2.06. The zero-order valence-electron chi connectivity index (χ0n) is 21.2. The SMILES string of the molecule is CN(C)CCN(C)C(=O)c1cccc(-c2n[nH]c([C@H]3CCCCN3C(=O)COc3ccccc3)n2)c1. The molecule has 0 spiro atoms. The van der Waals surface area contributed by atoms with Crippen LogP contribution in [0, 0.1) is 0 Å². The number of ether oxygens (including phenoxy) is 1. The highest BCUT2D eigenvalue weighted by Gasteiger charge is 2.31.